The fourth-order valence-electron chi connectivity index (χ4n) is 1.25. The van der Waals surface area contributed by atoms with Gasteiger partial charge in [-0.15, -0.1) is 0 Å². The first-order valence-electron chi connectivity index (χ1n) is 5.34. The Labute approximate surface area is 118 Å². The van der Waals surface area contributed by atoms with E-state index in [4.69, 9.17) is 15.1 Å². The van der Waals surface area contributed by atoms with Crippen molar-refractivity contribution in [2.24, 2.45) is 0 Å². The highest BCUT2D eigenvalue weighted by atomic mass is 79.9. The highest BCUT2D eigenvalue weighted by Gasteiger charge is 2.13. The third kappa shape index (κ3) is 4.97. The minimum atomic E-state index is -1.14. The van der Waals surface area contributed by atoms with Gasteiger partial charge in [0.1, 0.15) is 11.3 Å². The van der Waals surface area contributed by atoms with Crippen LogP contribution in [0.3, 0.4) is 0 Å². The Morgan fingerprint density at radius 3 is 2.84 bits per heavy atom. The quantitative estimate of drug-likeness (QED) is 0.773. The Morgan fingerprint density at radius 1 is 1.47 bits per heavy atom. The first kappa shape index (κ1) is 15.0. The number of nitrogens with zero attached hydrogens (tertiary/aromatic N) is 1. The molecule has 0 atom stereocenters. The summed E-state index contributed by atoms with van der Waals surface area (Å²) in [5, 5.41) is 19.8. The van der Waals surface area contributed by atoms with Crippen molar-refractivity contribution in [2.75, 3.05) is 13.2 Å². The molecule has 0 aliphatic rings. The van der Waals surface area contributed by atoms with Crippen LogP contribution in [0.1, 0.15) is 16.8 Å². The van der Waals surface area contributed by atoms with Crippen molar-refractivity contribution in [3.05, 3.63) is 28.2 Å². The lowest BCUT2D eigenvalue weighted by atomic mass is 10.2. The summed E-state index contributed by atoms with van der Waals surface area (Å²) in [4.78, 5) is 22.3. The molecule has 0 aliphatic carbocycles. The van der Waals surface area contributed by atoms with E-state index in [2.05, 4.69) is 21.2 Å². The van der Waals surface area contributed by atoms with E-state index in [1.54, 1.807) is 6.07 Å². The number of ether oxygens (including phenoxy) is 1. The molecule has 0 bridgehead atoms. The van der Waals surface area contributed by atoms with Crippen molar-refractivity contribution < 1.29 is 19.4 Å². The molecule has 2 N–H and O–H groups in total. The van der Waals surface area contributed by atoms with Gasteiger partial charge in [-0.25, -0.2) is 4.79 Å². The molecular formula is C12H11BrN2O4. The third-order valence-electron chi connectivity index (χ3n) is 2.09. The molecule has 0 radical (unpaired) electrons. The number of carbonyl (C=O) groups is 2. The maximum atomic E-state index is 11.3. The molecule has 0 unspecified atom stereocenters. The van der Waals surface area contributed by atoms with Crippen molar-refractivity contribution in [3.8, 4) is 11.8 Å². The summed E-state index contributed by atoms with van der Waals surface area (Å²) in [6, 6.07) is 6.37. The van der Waals surface area contributed by atoms with Gasteiger partial charge in [0.05, 0.1) is 12.5 Å². The molecule has 1 amide bonds. The molecule has 0 fully saturated rings. The van der Waals surface area contributed by atoms with Crippen molar-refractivity contribution >= 4 is 27.8 Å². The number of carboxylic acid groups (broad SMARTS) is 1. The molecule has 1 rings (SSSR count). The first-order valence-corrected chi connectivity index (χ1v) is 6.13. The number of carboxylic acids is 1. The van der Waals surface area contributed by atoms with Gasteiger partial charge >= 0.3 is 5.97 Å². The Balaban J connectivity index is 2.60. The van der Waals surface area contributed by atoms with E-state index >= 15 is 0 Å². The summed E-state index contributed by atoms with van der Waals surface area (Å²) in [6.45, 7) is -0.0574. The maximum Gasteiger partial charge on any atom is 0.339 e. The molecule has 19 heavy (non-hydrogen) atoms. The summed E-state index contributed by atoms with van der Waals surface area (Å²) in [5.74, 6) is -1.43. The van der Waals surface area contributed by atoms with Crippen molar-refractivity contribution in [3.63, 3.8) is 0 Å². The minimum Gasteiger partial charge on any atom is -0.483 e. The number of aromatic carboxylic acids is 1. The number of carbonyl (C=O) groups excluding carboxylic acids is 1. The van der Waals surface area contributed by atoms with Crippen LogP contribution in [0, 0.1) is 11.3 Å². The highest BCUT2D eigenvalue weighted by Crippen LogP contribution is 2.23. The third-order valence-corrected chi connectivity index (χ3v) is 2.58. The van der Waals surface area contributed by atoms with Crippen LogP contribution in [-0.4, -0.2) is 30.1 Å². The second kappa shape index (κ2) is 7.38. The van der Waals surface area contributed by atoms with E-state index in [0.717, 1.165) is 0 Å². The van der Waals surface area contributed by atoms with Gasteiger partial charge in [-0.3, -0.25) is 4.79 Å². The Bertz CT molecular complexity index is 525. The molecule has 0 aliphatic heterocycles. The highest BCUT2D eigenvalue weighted by molar-refractivity contribution is 9.10. The molecule has 6 nitrogen and oxygen atoms in total. The van der Waals surface area contributed by atoms with Gasteiger partial charge in [0.25, 0.3) is 5.91 Å². The van der Waals surface area contributed by atoms with Crippen LogP contribution in [0.15, 0.2) is 22.7 Å². The number of rotatable bonds is 6. The number of benzene rings is 1. The fraction of sp³-hybridized carbons (Fsp3) is 0.250. The lowest BCUT2D eigenvalue weighted by Gasteiger charge is -2.09. The van der Waals surface area contributed by atoms with Crippen molar-refractivity contribution in [2.45, 2.75) is 6.42 Å². The van der Waals surface area contributed by atoms with Crippen LogP contribution in [0.25, 0.3) is 0 Å². The number of halogens is 1. The summed E-state index contributed by atoms with van der Waals surface area (Å²) in [5.41, 5.74) is -0.0285. The molecule has 0 saturated carbocycles. The largest absolute Gasteiger partial charge is 0.483 e. The fourth-order valence-corrected chi connectivity index (χ4v) is 1.61. The van der Waals surface area contributed by atoms with E-state index in [-0.39, 0.29) is 30.9 Å². The molecular weight excluding hydrogens is 316 g/mol. The normalized spacial score (nSPS) is 9.47. The molecule has 0 heterocycles. The number of nitrogens with one attached hydrogen (secondary N) is 1. The predicted molar refractivity (Wildman–Crippen MR) is 69.8 cm³/mol. The number of nitriles is 1. The monoisotopic (exact) mass is 326 g/mol. The van der Waals surface area contributed by atoms with Gasteiger partial charge in [-0.1, -0.05) is 15.9 Å². The van der Waals surface area contributed by atoms with E-state index in [9.17, 15) is 9.59 Å². The standard InChI is InChI=1S/C12H11BrN2O4/c13-8-2-3-10(9(6-8)12(17)18)19-7-11(16)15-5-1-4-14/h2-3,6H,1,5,7H2,(H,15,16)(H,17,18). The number of hydrogen-bond donors (Lipinski definition) is 2. The molecule has 1 aromatic rings. The second-order valence-electron chi connectivity index (χ2n) is 3.49. The van der Waals surface area contributed by atoms with E-state index in [1.165, 1.54) is 12.1 Å². The average Bonchev–Trinajstić information content (AvgIpc) is 2.37. The summed E-state index contributed by atoms with van der Waals surface area (Å²) < 4.78 is 5.76. The molecule has 0 saturated heterocycles. The Hall–Kier alpha value is -2.07. The van der Waals surface area contributed by atoms with E-state index < -0.39 is 11.9 Å². The molecule has 7 heteroatoms. The molecule has 0 spiro atoms. The Morgan fingerprint density at radius 2 is 2.21 bits per heavy atom. The summed E-state index contributed by atoms with van der Waals surface area (Å²) in [6.07, 6.45) is 0.213. The zero-order chi connectivity index (χ0) is 14.3. The van der Waals surface area contributed by atoms with Gasteiger partial charge < -0.3 is 15.2 Å². The van der Waals surface area contributed by atoms with Crippen LogP contribution in [0.5, 0.6) is 5.75 Å². The van der Waals surface area contributed by atoms with Crippen LogP contribution in [-0.2, 0) is 4.79 Å². The lowest BCUT2D eigenvalue weighted by molar-refractivity contribution is -0.123. The van der Waals surface area contributed by atoms with Crippen molar-refractivity contribution in [1.82, 2.24) is 5.32 Å². The first-order chi connectivity index (χ1) is 9.04. The van der Waals surface area contributed by atoms with Gasteiger partial charge in [0, 0.05) is 11.0 Å². The number of hydrogen-bond acceptors (Lipinski definition) is 4. The zero-order valence-corrected chi connectivity index (χ0v) is 11.4. The minimum absolute atomic E-state index is 0.0285. The maximum absolute atomic E-state index is 11.3. The summed E-state index contributed by atoms with van der Waals surface area (Å²) in [7, 11) is 0. The topological polar surface area (TPSA) is 99.4 Å². The SMILES string of the molecule is N#CCCNC(=O)COc1ccc(Br)cc1C(=O)O. The van der Waals surface area contributed by atoms with Crippen LogP contribution >= 0.6 is 15.9 Å². The van der Waals surface area contributed by atoms with Gasteiger partial charge in [0.15, 0.2) is 6.61 Å². The van der Waals surface area contributed by atoms with Gasteiger partial charge in [-0.05, 0) is 18.2 Å². The van der Waals surface area contributed by atoms with Crippen LogP contribution < -0.4 is 10.1 Å². The molecule has 0 aromatic heterocycles. The second-order valence-corrected chi connectivity index (χ2v) is 4.41. The van der Waals surface area contributed by atoms with E-state index in [0.29, 0.717) is 4.47 Å². The molecule has 100 valence electrons. The van der Waals surface area contributed by atoms with Gasteiger partial charge in [0.2, 0.25) is 0 Å². The molecule has 1 aromatic carbocycles. The van der Waals surface area contributed by atoms with Crippen LogP contribution in [0.2, 0.25) is 0 Å². The van der Waals surface area contributed by atoms with Gasteiger partial charge in [-0.2, -0.15) is 5.26 Å². The van der Waals surface area contributed by atoms with Crippen LogP contribution in [0.4, 0.5) is 0 Å². The average molecular weight is 327 g/mol. The summed E-state index contributed by atoms with van der Waals surface area (Å²) >= 11 is 3.16. The zero-order valence-electron chi connectivity index (χ0n) is 9.85. The predicted octanol–water partition coefficient (Wildman–Crippen LogP) is 1.56. The lowest BCUT2D eigenvalue weighted by Crippen LogP contribution is -2.29. The van der Waals surface area contributed by atoms with Crippen molar-refractivity contribution in [1.29, 1.82) is 5.26 Å². The number of amides is 1. The smallest absolute Gasteiger partial charge is 0.339 e. The van der Waals surface area contributed by atoms with E-state index in [1.807, 2.05) is 6.07 Å². The Kier molecular flexibility index (Phi) is 5.82.